The molecule has 0 aliphatic rings. The summed E-state index contributed by atoms with van der Waals surface area (Å²) in [6.45, 7) is 4.48. The molecule has 0 saturated carbocycles. The van der Waals surface area contributed by atoms with Crippen LogP contribution in [0.2, 0.25) is 0 Å². The van der Waals surface area contributed by atoms with E-state index in [0.29, 0.717) is 0 Å². The van der Waals surface area contributed by atoms with Crippen LogP contribution in [0.4, 0.5) is 0 Å². The number of benzene rings is 1. The SMILES string of the molecule is CC[CH]c1ccccc1CCCCCCC. The van der Waals surface area contributed by atoms with Gasteiger partial charge in [-0.05, 0) is 36.8 Å². The first-order valence-corrected chi connectivity index (χ1v) is 6.79. The molecule has 0 heteroatoms. The number of hydrogen-bond acceptors (Lipinski definition) is 0. The van der Waals surface area contributed by atoms with Crippen molar-refractivity contribution >= 4 is 0 Å². The summed E-state index contributed by atoms with van der Waals surface area (Å²) in [5.41, 5.74) is 2.97. The van der Waals surface area contributed by atoms with Gasteiger partial charge >= 0.3 is 0 Å². The van der Waals surface area contributed by atoms with Gasteiger partial charge in [-0.1, -0.05) is 63.8 Å². The van der Waals surface area contributed by atoms with Crippen molar-refractivity contribution in [1.82, 2.24) is 0 Å². The van der Waals surface area contributed by atoms with Crippen molar-refractivity contribution in [3.8, 4) is 0 Å². The first-order chi connectivity index (χ1) is 7.88. The van der Waals surface area contributed by atoms with Crippen LogP contribution in [0.25, 0.3) is 0 Å². The molecule has 1 aromatic carbocycles. The lowest BCUT2D eigenvalue weighted by Gasteiger charge is -2.08. The van der Waals surface area contributed by atoms with Crippen LogP contribution >= 0.6 is 0 Å². The second-order valence-electron chi connectivity index (χ2n) is 4.48. The third kappa shape index (κ3) is 4.83. The summed E-state index contributed by atoms with van der Waals surface area (Å²) in [7, 11) is 0. The molecule has 16 heavy (non-hydrogen) atoms. The van der Waals surface area contributed by atoms with Crippen molar-refractivity contribution in [3.05, 3.63) is 41.8 Å². The number of hydrogen-bond donors (Lipinski definition) is 0. The fraction of sp³-hybridized carbons (Fsp3) is 0.562. The Labute approximate surface area is 101 Å². The van der Waals surface area contributed by atoms with E-state index in [0.717, 1.165) is 6.42 Å². The molecule has 1 aromatic rings. The van der Waals surface area contributed by atoms with E-state index in [4.69, 9.17) is 0 Å². The Bertz CT molecular complexity index is 275. The van der Waals surface area contributed by atoms with E-state index in [2.05, 4.69) is 44.5 Å². The van der Waals surface area contributed by atoms with E-state index in [-0.39, 0.29) is 0 Å². The van der Waals surface area contributed by atoms with Crippen molar-refractivity contribution in [1.29, 1.82) is 0 Å². The molecule has 0 nitrogen and oxygen atoms in total. The maximum atomic E-state index is 2.33. The smallest absolute Gasteiger partial charge is 0.00930 e. The number of aryl methyl sites for hydroxylation is 1. The fourth-order valence-electron chi connectivity index (χ4n) is 2.10. The second-order valence-corrected chi connectivity index (χ2v) is 4.48. The quantitative estimate of drug-likeness (QED) is 0.527. The van der Waals surface area contributed by atoms with Crippen LogP contribution < -0.4 is 0 Å². The molecule has 0 unspecified atom stereocenters. The summed E-state index contributed by atoms with van der Waals surface area (Å²) < 4.78 is 0. The monoisotopic (exact) mass is 217 g/mol. The Kier molecular flexibility index (Phi) is 6.96. The van der Waals surface area contributed by atoms with Crippen molar-refractivity contribution in [2.24, 2.45) is 0 Å². The predicted molar refractivity (Wildman–Crippen MR) is 72.6 cm³/mol. The fourth-order valence-corrected chi connectivity index (χ4v) is 2.10. The topological polar surface area (TPSA) is 0 Å². The molecule has 0 amide bonds. The van der Waals surface area contributed by atoms with Gasteiger partial charge in [0.2, 0.25) is 0 Å². The van der Waals surface area contributed by atoms with E-state index in [1.165, 1.54) is 49.7 Å². The molecular formula is C16H25. The standard InChI is InChI=1S/C16H25/c1-3-5-6-7-8-12-16-14-10-9-13-15(16)11-4-2/h9-11,13-14H,3-8,12H2,1-2H3. The van der Waals surface area contributed by atoms with E-state index in [9.17, 15) is 0 Å². The molecule has 0 bridgehead atoms. The van der Waals surface area contributed by atoms with Gasteiger partial charge in [-0.15, -0.1) is 0 Å². The average Bonchev–Trinajstić information content (AvgIpc) is 2.31. The molecule has 1 rings (SSSR count). The zero-order valence-corrected chi connectivity index (χ0v) is 10.8. The van der Waals surface area contributed by atoms with Gasteiger partial charge in [0, 0.05) is 0 Å². The molecule has 0 aliphatic heterocycles. The van der Waals surface area contributed by atoms with Crippen molar-refractivity contribution in [2.45, 2.75) is 58.8 Å². The molecule has 0 aliphatic carbocycles. The summed E-state index contributed by atoms with van der Waals surface area (Å²) in [6.07, 6.45) is 11.6. The van der Waals surface area contributed by atoms with Gasteiger partial charge < -0.3 is 0 Å². The zero-order chi connectivity index (χ0) is 11.6. The first-order valence-electron chi connectivity index (χ1n) is 6.79. The van der Waals surface area contributed by atoms with Crippen molar-refractivity contribution in [3.63, 3.8) is 0 Å². The highest BCUT2D eigenvalue weighted by Crippen LogP contribution is 2.16. The average molecular weight is 217 g/mol. The molecule has 0 aromatic heterocycles. The van der Waals surface area contributed by atoms with Crippen molar-refractivity contribution in [2.75, 3.05) is 0 Å². The molecule has 0 saturated heterocycles. The lowest BCUT2D eigenvalue weighted by atomic mass is 9.98. The van der Waals surface area contributed by atoms with Gasteiger partial charge in [-0.2, -0.15) is 0 Å². The summed E-state index contributed by atoms with van der Waals surface area (Å²) in [4.78, 5) is 0. The minimum atomic E-state index is 1.13. The zero-order valence-electron chi connectivity index (χ0n) is 10.8. The number of unbranched alkanes of at least 4 members (excludes halogenated alkanes) is 4. The van der Waals surface area contributed by atoms with E-state index < -0.39 is 0 Å². The maximum absolute atomic E-state index is 2.33. The summed E-state index contributed by atoms with van der Waals surface area (Å²) in [5.74, 6) is 0. The summed E-state index contributed by atoms with van der Waals surface area (Å²) >= 11 is 0. The van der Waals surface area contributed by atoms with Crippen LogP contribution in [0.1, 0.15) is 63.5 Å². The minimum absolute atomic E-state index is 1.13. The molecule has 0 N–H and O–H groups in total. The van der Waals surface area contributed by atoms with Crippen LogP contribution in [0.5, 0.6) is 0 Å². The lowest BCUT2D eigenvalue weighted by Crippen LogP contribution is -1.92. The third-order valence-corrected chi connectivity index (χ3v) is 3.03. The molecule has 0 spiro atoms. The highest BCUT2D eigenvalue weighted by molar-refractivity contribution is 5.32. The molecular weight excluding hydrogens is 192 g/mol. The number of rotatable bonds is 8. The van der Waals surface area contributed by atoms with Crippen LogP contribution in [-0.2, 0) is 6.42 Å². The van der Waals surface area contributed by atoms with Crippen LogP contribution in [0.15, 0.2) is 24.3 Å². The molecule has 0 fully saturated rings. The van der Waals surface area contributed by atoms with Gasteiger partial charge in [0.15, 0.2) is 0 Å². The molecule has 0 heterocycles. The van der Waals surface area contributed by atoms with E-state index in [1.54, 1.807) is 0 Å². The summed E-state index contributed by atoms with van der Waals surface area (Å²) in [6, 6.07) is 8.82. The first kappa shape index (κ1) is 13.3. The normalized spacial score (nSPS) is 10.6. The highest BCUT2D eigenvalue weighted by atomic mass is 14.1. The minimum Gasteiger partial charge on any atom is -0.0654 e. The van der Waals surface area contributed by atoms with Crippen molar-refractivity contribution < 1.29 is 0 Å². The predicted octanol–water partition coefficient (Wildman–Crippen LogP) is 5.16. The van der Waals surface area contributed by atoms with E-state index >= 15 is 0 Å². The van der Waals surface area contributed by atoms with Gasteiger partial charge in [0.1, 0.15) is 0 Å². The Morgan fingerprint density at radius 3 is 2.44 bits per heavy atom. The van der Waals surface area contributed by atoms with Gasteiger partial charge in [-0.3, -0.25) is 0 Å². The second kappa shape index (κ2) is 8.38. The molecule has 1 radical (unpaired) electrons. The largest absolute Gasteiger partial charge is 0.0654 e. The highest BCUT2D eigenvalue weighted by Gasteiger charge is 2.00. The summed E-state index contributed by atoms with van der Waals surface area (Å²) in [5, 5.41) is 0. The van der Waals surface area contributed by atoms with Gasteiger partial charge in [-0.25, -0.2) is 0 Å². The third-order valence-electron chi connectivity index (χ3n) is 3.03. The molecule has 89 valence electrons. The Morgan fingerprint density at radius 2 is 1.69 bits per heavy atom. The van der Waals surface area contributed by atoms with E-state index in [1.807, 2.05) is 0 Å². The van der Waals surface area contributed by atoms with Crippen LogP contribution in [0.3, 0.4) is 0 Å². The Hall–Kier alpha value is -0.780. The van der Waals surface area contributed by atoms with Crippen LogP contribution in [0, 0.1) is 6.42 Å². The van der Waals surface area contributed by atoms with Crippen LogP contribution in [-0.4, -0.2) is 0 Å². The Balaban J connectivity index is 2.34. The van der Waals surface area contributed by atoms with Gasteiger partial charge in [0.25, 0.3) is 0 Å². The maximum Gasteiger partial charge on any atom is -0.00930 e. The van der Waals surface area contributed by atoms with Gasteiger partial charge in [0.05, 0.1) is 0 Å². The molecule has 0 atom stereocenters. The lowest BCUT2D eigenvalue weighted by molar-refractivity contribution is 0.631. The Morgan fingerprint density at radius 1 is 0.938 bits per heavy atom.